The number of aromatic amines is 1. The van der Waals surface area contributed by atoms with Gasteiger partial charge in [0.25, 0.3) is 0 Å². The van der Waals surface area contributed by atoms with Crippen LogP contribution in [-0.4, -0.2) is 16.4 Å². The van der Waals surface area contributed by atoms with Crippen LogP contribution in [0.3, 0.4) is 0 Å². The van der Waals surface area contributed by atoms with Crippen molar-refractivity contribution < 1.29 is 0 Å². The van der Waals surface area contributed by atoms with Gasteiger partial charge in [-0.3, -0.25) is 10.1 Å². The molecule has 0 saturated heterocycles. The number of nitrogens with zero attached hydrogens (tertiary/aromatic N) is 2. The number of fused-ring (bicyclic) bond motifs is 3. The zero-order valence-corrected chi connectivity index (χ0v) is 10.6. The second kappa shape index (κ2) is 4.77. The van der Waals surface area contributed by atoms with Crippen molar-refractivity contribution in [1.29, 1.82) is 0 Å². The van der Waals surface area contributed by atoms with E-state index in [1.165, 1.54) is 29.5 Å². The van der Waals surface area contributed by atoms with Crippen molar-refractivity contribution in [2.75, 3.05) is 0 Å². The Morgan fingerprint density at radius 1 is 1.28 bits per heavy atom. The summed E-state index contributed by atoms with van der Waals surface area (Å²) >= 11 is 0. The van der Waals surface area contributed by atoms with E-state index in [9.17, 15) is 0 Å². The number of benzene rings is 1. The number of nitrogens with one attached hydrogen (secondary N) is 1. The molecule has 2 aromatic rings. The van der Waals surface area contributed by atoms with Gasteiger partial charge >= 0.3 is 0 Å². The van der Waals surface area contributed by atoms with E-state index in [0.717, 1.165) is 12.1 Å². The summed E-state index contributed by atoms with van der Waals surface area (Å²) in [6.07, 6.45) is 7.42. The van der Waals surface area contributed by atoms with Gasteiger partial charge in [-0.05, 0) is 6.42 Å². The SMILES string of the molecule is CCCCC1N=Cc2ccccc2-c2[nH]ncc21. The molecule has 18 heavy (non-hydrogen) atoms. The van der Waals surface area contributed by atoms with E-state index < -0.39 is 0 Å². The molecular formula is C15H17N3. The first-order valence-corrected chi connectivity index (χ1v) is 6.56. The molecule has 0 aliphatic carbocycles. The van der Waals surface area contributed by atoms with Gasteiger partial charge in [-0.2, -0.15) is 5.10 Å². The first kappa shape index (κ1) is 11.2. The maximum Gasteiger partial charge on any atom is 0.0786 e. The number of unbranched alkanes of at least 4 members (excludes halogenated alkanes) is 1. The molecule has 0 radical (unpaired) electrons. The Balaban J connectivity index is 2.07. The van der Waals surface area contributed by atoms with Crippen molar-refractivity contribution in [3.63, 3.8) is 0 Å². The lowest BCUT2D eigenvalue weighted by molar-refractivity contribution is 0.609. The number of rotatable bonds is 3. The van der Waals surface area contributed by atoms with Gasteiger partial charge in [-0.1, -0.05) is 44.0 Å². The highest BCUT2D eigenvalue weighted by Gasteiger charge is 2.20. The van der Waals surface area contributed by atoms with Crippen LogP contribution < -0.4 is 0 Å². The molecule has 0 bridgehead atoms. The van der Waals surface area contributed by atoms with E-state index >= 15 is 0 Å². The summed E-state index contributed by atoms with van der Waals surface area (Å²) in [6, 6.07) is 8.58. The fraction of sp³-hybridized carbons (Fsp3) is 0.333. The maximum absolute atomic E-state index is 4.73. The topological polar surface area (TPSA) is 41.0 Å². The summed E-state index contributed by atoms with van der Waals surface area (Å²) in [4.78, 5) is 4.73. The molecule has 3 rings (SSSR count). The average Bonchev–Trinajstić information content (AvgIpc) is 2.83. The molecule has 1 aliphatic rings. The van der Waals surface area contributed by atoms with Crippen molar-refractivity contribution in [3.8, 4) is 11.3 Å². The summed E-state index contributed by atoms with van der Waals surface area (Å²) < 4.78 is 0. The highest BCUT2D eigenvalue weighted by Crippen LogP contribution is 2.35. The average molecular weight is 239 g/mol. The van der Waals surface area contributed by atoms with Gasteiger partial charge in [0.1, 0.15) is 0 Å². The largest absolute Gasteiger partial charge is 0.284 e. The third-order valence-corrected chi connectivity index (χ3v) is 3.48. The zero-order valence-electron chi connectivity index (χ0n) is 10.6. The summed E-state index contributed by atoms with van der Waals surface area (Å²) in [5, 5.41) is 7.33. The highest BCUT2D eigenvalue weighted by molar-refractivity contribution is 5.91. The summed E-state index contributed by atoms with van der Waals surface area (Å²) in [5.41, 5.74) is 4.73. The minimum Gasteiger partial charge on any atom is -0.284 e. The van der Waals surface area contributed by atoms with E-state index in [4.69, 9.17) is 4.99 Å². The number of aliphatic imine (C=N–C) groups is 1. The van der Waals surface area contributed by atoms with Crippen LogP contribution >= 0.6 is 0 Å². The van der Waals surface area contributed by atoms with Crippen LogP contribution in [0.15, 0.2) is 35.5 Å². The van der Waals surface area contributed by atoms with Crippen LogP contribution in [0.2, 0.25) is 0 Å². The monoisotopic (exact) mass is 239 g/mol. The lowest BCUT2D eigenvalue weighted by Gasteiger charge is -2.10. The fourth-order valence-electron chi connectivity index (χ4n) is 2.48. The summed E-state index contributed by atoms with van der Waals surface area (Å²) in [5.74, 6) is 0. The molecule has 92 valence electrons. The van der Waals surface area contributed by atoms with Gasteiger partial charge in [-0.25, -0.2) is 0 Å². The molecule has 1 aromatic carbocycles. The smallest absolute Gasteiger partial charge is 0.0786 e. The van der Waals surface area contributed by atoms with E-state index in [2.05, 4.69) is 35.3 Å². The van der Waals surface area contributed by atoms with Gasteiger partial charge < -0.3 is 0 Å². The molecule has 3 nitrogen and oxygen atoms in total. The summed E-state index contributed by atoms with van der Waals surface area (Å²) in [6.45, 7) is 2.21. The second-order valence-electron chi connectivity index (χ2n) is 4.72. The number of aromatic nitrogens is 2. The normalized spacial score (nSPS) is 17.1. The molecule has 1 unspecified atom stereocenters. The van der Waals surface area contributed by atoms with Crippen LogP contribution in [0.4, 0.5) is 0 Å². The Morgan fingerprint density at radius 2 is 2.17 bits per heavy atom. The molecule has 1 aromatic heterocycles. The minimum atomic E-state index is 0.242. The third kappa shape index (κ3) is 1.86. The van der Waals surface area contributed by atoms with E-state index in [1.54, 1.807) is 0 Å². The minimum absolute atomic E-state index is 0.242. The molecule has 0 amide bonds. The van der Waals surface area contributed by atoms with Crippen LogP contribution in [0.5, 0.6) is 0 Å². The van der Waals surface area contributed by atoms with Crippen LogP contribution in [0.25, 0.3) is 11.3 Å². The Bertz CT molecular complexity index is 569. The molecule has 0 spiro atoms. The fourth-order valence-corrected chi connectivity index (χ4v) is 2.48. The predicted molar refractivity (Wildman–Crippen MR) is 73.9 cm³/mol. The second-order valence-corrected chi connectivity index (χ2v) is 4.72. The predicted octanol–water partition coefficient (Wildman–Crippen LogP) is 3.74. The van der Waals surface area contributed by atoms with E-state index in [-0.39, 0.29) is 6.04 Å². The van der Waals surface area contributed by atoms with E-state index in [1.807, 2.05) is 18.5 Å². The molecule has 3 heteroatoms. The van der Waals surface area contributed by atoms with Crippen molar-refractivity contribution in [1.82, 2.24) is 10.2 Å². The first-order valence-electron chi connectivity index (χ1n) is 6.56. The van der Waals surface area contributed by atoms with Gasteiger partial charge in [0.15, 0.2) is 0 Å². The number of hydrogen-bond donors (Lipinski definition) is 1. The Morgan fingerprint density at radius 3 is 3.06 bits per heavy atom. The van der Waals surface area contributed by atoms with Crippen molar-refractivity contribution in [2.45, 2.75) is 32.2 Å². The number of H-pyrrole nitrogens is 1. The number of hydrogen-bond acceptors (Lipinski definition) is 2. The van der Waals surface area contributed by atoms with Crippen molar-refractivity contribution in [2.24, 2.45) is 4.99 Å². The first-order chi connectivity index (χ1) is 8.90. The van der Waals surface area contributed by atoms with Crippen LogP contribution in [0, 0.1) is 0 Å². The van der Waals surface area contributed by atoms with Crippen molar-refractivity contribution >= 4 is 6.21 Å². The van der Waals surface area contributed by atoms with Crippen LogP contribution in [-0.2, 0) is 0 Å². The van der Waals surface area contributed by atoms with E-state index in [0.29, 0.717) is 0 Å². The Labute approximate surface area is 107 Å². The Hall–Kier alpha value is -1.90. The molecule has 0 fully saturated rings. The molecular weight excluding hydrogens is 222 g/mol. The van der Waals surface area contributed by atoms with Crippen LogP contribution in [0.1, 0.15) is 43.4 Å². The van der Waals surface area contributed by atoms with Gasteiger partial charge in [0.2, 0.25) is 0 Å². The van der Waals surface area contributed by atoms with Gasteiger partial charge in [0.05, 0.1) is 17.9 Å². The van der Waals surface area contributed by atoms with Gasteiger partial charge in [0, 0.05) is 22.9 Å². The third-order valence-electron chi connectivity index (χ3n) is 3.48. The lowest BCUT2D eigenvalue weighted by atomic mass is 9.98. The maximum atomic E-state index is 4.73. The van der Waals surface area contributed by atoms with Gasteiger partial charge in [-0.15, -0.1) is 0 Å². The summed E-state index contributed by atoms with van der Waals surface area (Å²) in [7, 11) is 0. The zero-order chi connectivity index (χ0) is 12.4. The molecule has 1 aliphatic heterocycles. The quantitative estimate of drug-likeness (QED) is 0.870. The molecule has 1 atom stereocenters. The standard InChI is InChI=1S/C15H17N3/c1-2-3-8-14-13-10-17-18-15(13)12-7-5-4-6-11(12)9-16-14/h4-7,9-10,14H,2-3,8H2,1H3,(H,17,18). The molecule has 0 saturated carbocycles. The lowest BCUT2D eigenvalue weighted by Crippen LogP contribution is -1.95. The Kier molecular flexibility index (Phi) is 2.97. The molecule has 1 N–H and O–H groups in total. The highest BCUT2D eigenvalue weighted by atomic mass is 15.1. The molecule has 2 heterocycles. The van der Waals surface area contributed by atoms with Crippen molar-refractivity contribution in [3.05, 3.63) is 41.6 Å².